The number of rotatable bonds is 7. The molecular formula is C18H20N4O4. The maximum absolute atomic E-state index is 11.7. The van der Waals surface area contributed by atoms with Crippen LogP contribution >= 0.6 is 0 Å². The van der Waals surface area contributed by atoms with Gasteiger partial charge in [0.15, 0.2) is 11.5 Å². The molecule has 0 aliphatic heterocycles. The molecule has 0 atom stereocenters. The van der Waals surface area contributed by atoms with Crippen LogP contribution < -0.4 is 20.2 Å². The summed E-state index contributed by atoms with van der Waals surface area (Å²) >= 11 is 0. The Kier molecular flexibility index (Phi) is 7.11. The molecule has 1 heterocycles. The molecular weight excluding hydrogens is 336 g/mol. The van der Waals surface area contributed by atoms with Gasteiger partial charge in [0.05, 0.1) is 26.1 Å². The third-order valence-electron chi connectivity index (χ3n) is 3.40. The second-order valence-corrected chi connectivity index (χ2v) is 5.15. The molecule has 0 fully saturated rings. The lowest BCUT2D eigenvalue weighted by molar-refractivity contribution is -0.139. The van der Waals surface area contributed by atoms with Crippen molar-refractivity contribution < 1.29 is 19.1 Å². The highest BCUT2D eigenvalue weighted by atomic mass is 16.5. The summed E-state index contributed by atoms with van der Waals surface area (Å²) in [5, 5.41) is 6.23. The van der Waals surface area contributed by atoms with E-state index in [1.165, 1.54) is 6.21 Å². The smallest absolute Gasteiger partial charge is 0.329 e. The fourth-order valence-electron chi connectivity index (χ4n) is 2.10. The van der Waals surface area contributed by atoms with Gasteiger partial charge in [-0.25, -0.2) is 5.43 Å². The van der Waals surface area contributed by atoms with E-state index in [1.807, 2.05) is 12.1 Å². The van der Waals surface area contributed by atoms with Gasteiger partial charge in [0.25, 0.3) is 0 Å². The Morgan fingerprint density at radius 3 is 2.62 bits per heavy atom. The number of methoxy groups -OCH3 is 2. The molecule has 8 nitrogen and oxygen atoms in total. The molecule has 0 saturated carbocycles. The summed E-state index contributed by atoms with van der Waals surface area (Å²) in [4.78, 5) is 27.4. The van der Waals surface area contributed by atoms with Gasteiger partial charge in [-0.05, 0) is 36.2 Å². The minimum Gasteiger partial charge on any atom is -0.493 e. The van der Waals surface area contributed by atoms with Gasteiger partial charge in [0.2, 0.25) is 0 Å². The first kappa shape index (κ1) is 18.9. The number of ether oxygens (including phenoxy) is 2. The van der Waals surface area contributed by atoms with Crippen LogP contribution in [-0.2, 0) is 16.0 Å². The zero-order chi connectivity index (χ0) is 18.8. The summed E-state index contributed by atoms with van der Waals surface area (Å²) in [6.07, 6.45) is 3.50. The molecule has 0 bridgehead atoms. The first-order valence-corrected chi connectivity index (χ1v) is 7.87. The molecule has 26 heavy (non-hydrogen) atoms. The average Bonchev–Trinajstić information content (AvgIpc) is 2.68. The van der Waals surface area contributed by atoms with Crippen LogP contribution in [0, 0.1) is 0 Å². The summed E-state index contributed by atoms with van der Waals surface area (Å²) < 4.78 is 10.4. The van der Waals surface area contributed by atoms with Crippen LogP contribution in [0.2, 0.25) is 0 Å². The van der Waals surface area contributed by atoms with Crippen molar-refractivity contribution in [2.24, 2.45) is 5.10 Å². The third-order valence-corrected chi connectivity index (χ3v) is 3.40. The Balaban J connectivity index is 1.77. The molecule has 0 unspecified atom stereocenters. The SMILES string of the molecule is COc1ccc(CCNC(=O)C(=O)N/N=C\c2ccccn2)cc1OC. The topological polar surface area (TPSA) is 102 Å². The highest BCUT2D eigenvalue weighted by Gasteiger charge is 2.12. The number of amides is 2. The van der Waals surface area contributed by atoms with Gasteiger partial charge in [0.1, 0.15) is 0 Å². The molecule has 2 rings (SSSR count). The van der Waals surface area contributed by atoms with Crippen molar-refractivity contribution in [1.82, 2.24) is 15.7 Å². The highest BCUT2D eigenvalue weighted by Crippen LogP contribution is 2.27. The number of hydrogen-bond donors (Lipinski definition) is 2. The van der Waals surface area contributed by atoms with Crippen LogP contribution in [0.4, 0.5) is 0 Å². The fraction of sp³-hybridized carbons (Fsp3) is 0.222. The molecule has 136 valence electrons. The predicted molar refractivity (Wildman–Crippen MR) is 96.2 cm³/mol. The van der Waals surface area contributed by atoms with Gasteiger partial charge in [-0.15, -0.1) is 0 Å². The maximum atomic E-state index is 11.7. The minimum absolute atomic E-state index is 0.297. The molecule has 2 aromatic rings. The van der Waals surface area contributed by atoms with Crippen LogP contribution in [0.25, 0.3) is 0 Å². The van der Waals surface area contributed by atoms with Crippen molar-refractivity contribution >= 4 is 18.0 Å². The Morgan fingerprint density at radius 1 is 1.12 bits per heavy atom. The molecule has 0 spiro atoms. The molecule has 2 N–H and O–H groups in total. The number of aromatic nitrogens is 1. The van der Waals surface area contributed by atoms with Gasteiger partial charge >= 0.3 is 11.8 Å². The van der Waals surface area contributed by atoms with Gasteiger partial charge in [-0.2, -0.15) is 5.10 Å². The van der Waals surface area contributed by atoms with Crippen molar-refractivity contribution in [2.75, 3.05) is 20.8 Å². The second-order valence-electron chi connectivity index (χ2n) is 5.15. The van der Waals surface area contributed by atoms with E-state index in [2.05, 4.69) is 20.8 Å². The zero-order valence-electron chi connectivity index (χ0n) is 14.6. The van der Waals surface area contributed by atoms with E-state index in [1.54, 1.807) is 44.7 Å². The lowest BCUT2D eigenvalue weighted by atomic mass is 10.1. The lowest BCUT2D eigenvalue weighted by Gasteiger charge is -2.09. The zero-order valence-corrected chi connectivity index (χ0v) is 14.6. The summed E-state index contributed by atoms with van der Waals surface area (Å²) in [7, 11) is 3.12. The first-order chi connectivity index (χ1) is 12.6. The van der Waals surface area contributed by atoms with E-state index in [0.717, 1.165) is 5.56 Å². The molecule has 8 heteroatoms. The van der Waals surface area contributed by atoms with Crippen molar-refractivity contribution in [3.63, 3.8) is 0 Å². The monoisotopic (exact) mass is 356 g/mol. The van der Waals surface area contributed by atoms with Crippen LogP contribution in [-0.4, -0.2) is 43.8 Å². The van der Waals surface area contributed by atoms with E-state index in [0.29, 0.717) is 30.2 Å². The Labute approximate surface area is 151 Å². The van der Waals surface area contributed by atoms with Crippen molar-refractivity contribution in [3.05, 3.63) is 53.9 Å². The van der Waals surface area contributed by atoms with Crippen molar-refractivity contribution in [3.8, 4) is 11.5 Å². The number of carbonyl (C=O) groups excluding carboxylic acids is 2. The van der Waals surface area contributed by atoms with Gasteiger partial charge in [0, 0.05) is 12.7 Å². The summed E-state index contributed by atoms with van der Waals surface area (Å²) in [6.45, 7) is 0.297. The van der Waals surface area contributed by atoms with Crippen molar-refractivity contribution in [2.45, 2.75) is 6.42 Å². The highest BCUT2D eigenvalue weighted by molar-refractivity contribution is 6.35. The van der Waals surface area contributed by atoms with Crippen LogP contribution in [0.15, 0.2) is 47.7 Å². The Bertz CT molecular complexity index is 778. The largest absolute Gasteiger partial charge is 0.493 e. The summed E-state index contributed by atoms with van der Waals surface area (Å²) in [5.41, 5.74) is 3.67. The number of hydrogen-bond acceptors (Lipinski definition) is 6. The number of pyridine rings is 1. The lowest BCUT2D eigenvalue weighted by Crippen LogP contribution is -2.38. The van der Waals surface area contributed by atoms with Crippen LogP contribution in [0.3, 0.4) is 0 Å². The number of carbonyl (C=O) groups is 2. The number of benzene rings is 1. The van der Waals surface area contributed by atoms with E-state index in [9.17, 15) is 9.59 Å². The molecule has 0 radical (unpaired) electrons. The minimum atomic E-state index is -0.843. The molecule has 0 aliphatic rings. The molecule has 2 amide bonds. The van der Waals surface area contributed by atoms with Gasteiger partial charge in [-0.3, -0.25) is 14.6 Å². The molecule has 1 aromatic heterocycles. The van der Waals surface area contributed by atoms with Gasteiger partial charge in [-0.1, -0.05) is 12.1 Å². The standard InChI is InChI=1S/C18H20N4O4/c1-25-15-7-6-13(11-16(15)26-2)8-10-20-17(23)18(24)22-21-12-14-5-3-4-9-19-14/h3-7,9,11-12H,8,10H2,1-2H3,(H,20,23)(H,22,24)/b21-12-. The molecule has 1 aromatic carbocycles. The maximum Gasteiger partial charge on any atom is 0.329 e. The summed E-state index contributed by atoms with van der Waals surface area (Å²) in [5.74, 6) is -0.364. The second kappa shape index (κ2) is 9.77. The Morgan fingerprint density at radius 2 is 1.92 bits per heavy atom. The van der Waals surface area contributed by atoms with Gasteiger partial charge < -0.3 is 14.8 Å². The Hall–Kier alpha value is -3.42. The van der Waals surface area contributed by atoms with E-state index >= 15 is 0 Å². The average molecular weight is 356 g/mol. The van der Waals surface area contributed by atoms with E-state index < -0.39 is 11.8 Å². The predicted octanol–water partition coefficient (Wildman–Crippen LogP) is 0.908. The fourth-order valence-corrected chi connectivity index (χ4v) is 2.10. The van der Waals surface area contributed by atoms with Crippen molar-refractivity contribution in [1.29, 1.82) is 0 Å². The quantitative estimate of drug-likeness (QED) is 0.436. The molecule has 0 aliphatic carbocycles. The van der Waals surface area contributed by atoms with Crippen LogP contribution in [0.5, 0.6) is 11.5 Å². The number of nitrogens with one attached hydrogen (secondary N) is 2. The molecule has 0 saturated heterocycles. The first-order valence-electron chi connectivity index (χ1n) is 7.87. The van der Waals surface area contributed by atoms with E-state index in [4.69, 9.17) is 9.47 Å². The third kappa shape index (κ3) is 5.59. The summed E-state index contributed by atoms with van der Waals surface area (Å²) in [6, 6.07) is 10.7. The number of nitrogens with zero attached hydrogens (tertiary/aromatic N) is 2. The normalized spacial score (nSPS) is 10.4. The van der Waals surface area contributed by atoms with Crippen LogP contribution in [0.1, 0.15) is 11.3 Å². The van der Waals surface area contributed by atoms with E-state index in [-0.39, 0.29) is 0 Å². The number of hydrazone groups is 1.